The van der Waals surface area contributed by atoms with Crippen LogP contribution in [-0.4, -0.2) is 68.2 Å². The first-order chi connectivity index (χ1) is 12.7. The minimum atomic E-state index is -0.411. The van der Waals surface area contributed by atoms with Crippen LogP contribution in [0.2, 0.25) is 0 Å². The van der Waals surface area contributed by atoms with E-state index in [0.29, 0.717) is 38.1 Å². The molecular weight excluding hydrogens is 333 g/mol. The van der Waals surface area contributed by atoms with Crippen molar-refractivity contribution < 1.29 is 13.9 Å². The van der Waals surface area contributed by atoms with Gasteiger partial charge in [-0.15, -0.1) is 0 Å². The Morgan fingerprint density at radius 2 is 1.81 bits per heavy atom. The molecule has 1 amide bonds. The molecule has 1 aromatic carbocycles. The number of likely N-dealkylation sites (tertiary alicyclic amines) is 1. The molecule has 3 heterocycles. The number of rotatable bonds is 3. The second kappa shape index (κ2) is 8.03. The van der Waals surface area contributed by atoms with Crippen molar-refractivity contribution in [1.82, 2.24) is 15.1 Å². The van der Waals surface area contributed by atoms with E-state index in [4.69, 9.17) is 4.74 Å². The highest BCUT2D eigenvalue weighted by molar-refractivity contribution is 5.83. The molecular formula is C20H28FN3O2. The molecule has 1 aromatic rings. The van der Waals surface area contributed by atoms with Crippen LogP contribution in [-0.2, 0) is 9.53 Å². The number of ether oxygens (including phenoxy) is 1. The Bertz CT molecular complexity index is 621. The van der Waals surface area contributed by atoms with Crippen molar-refractivity contribution in [2.24, 2.45) is 11.8 Å². The summed E-state index contributed by atoms with van der Waals surface area (Å²) in [6.45, 7) is 6.40. The van der Waals surface area contributed by atoms with E-state index in [1.165, 1.54) is 12.1 Å². The first-order valence-corrected chi connectivity index (χ1v) is 9.79. The summed E-state index contributed by atoms with van der Waals surface area (Å²) in [5, 5.41) is 3.48. The molecule has 0 aliphatic carbocycles. The summed E-state index contributed by atoms with van der Waals surface area (Å²) < 4.78 is 19.3. The minimum Gasteiger partial charge on any atom is -0.379 e. The summed E-state index contributed by atoms with van der Waals surface area (Å²) in [6, 6.07) is 6.10. The zero-order valence-electron chi connectivity index (χ0n) is 15.2. The molecule has 4 rings (SSSR count). The van der Waals surface area contributed by atoms with E-state index in [1.807, 2.05) is 11.0 Å². The van der Waals surface area contributed by atoms with E-state index < -0.39 is 6.04 Å². The first kappa shape index (κ1) is 17.9. The van der Waals surface area contributed by atoms with Gasteiger partial charge in [0.05, 0.1) is 13.2 Å². The van der Waals surface area contributed by atoms with Crippen molar-refractivity contribution in [1.29, 1.82) is 0 Å². The van der Waals surface area contributed by atoms with Gasteiger partial charge in [-0.3, -0.25) is 9.69 Å². The van der Waals surface area contributed by atoms with E-state index in [1.54, 1.807) is 6.07 Å². The van der Waals surface area contributed by atoms with Gasteiger partial charge in [-0.05, 0) is 55.5 Å². The van der Waals surface area contributed by atoms with Crippen LogP contribution >= 0.6 is 0 Å². The molecule has 3 saturated heterocycles. The Balaban J connectivity index is 1.55. The molecule has 1 unspecified atom stereocenters. The third kappa shape index (κ3) is 3.77. The number of nitrogens with one attached hydrogen (secondary N) is 1. The lowest BCUT2D eigenvalue weighted by atomic mass is 9.92. The van der Waals surface area contributed by atoms with Gasteiger partial charge in [-0.1, -0.05) is 12.1 Å². The SMILES string of the molecule is O=C(C(c1cccc(F)c1)N1CCOCC1)N1CC[C@@H]2CNC[C@@H]2CC1. The predicted molar refractivity (Wildman–Crippen MR) is 97.2 cm³/mol. The molecule has 0 spiro atoms. The maximum Gasteiger partial charge on any atom is 0.244 e. The van der Waals surface area contributed by atoms with Crippen LogP contribution in [0.25, 0.3) is 0 Å². The summed E-state index contributed by atoms with van der Waals surface area (Å²) in [5.41, 5.74) is 0.753. The fraction of sp³-hybridized carbons (Fsp3) is 0.650. The molecule has 142 valence electrons. The lowest BCUT2D eigenvalue weighted by Crippen LogP contribution is -2.47. The van der Waals surface area contributed by atoms with E-state index in [0.717, 1.165) is 44.6 Å². The van der Waals surface area contributed by atoms with Crippen LogP contribution in [0, 0.1) is 17.7 Å². The predicted octanol–water partition coefficient (Wildman–Crippen LogP) is 1.66. The number of carbonyl (C=O) groups excluding carboxylic acids is 1. The van der Waals surface area contributed by atoms with Crippen molar-refractivity contribution in [3.8, 4) is 0 Å². The number of hydrogen-bond acceptors (Lipinski definition) is 4. The number of nitrogens with zero attached hydrogens (tertiary/aromatic N) is 2. The van der Waals surface area contributed by atoms with Gasteiger partial charge < -0.3 is 15.0 Å². The van der Waals surface area contributed by atoms with E-state index in [-0.39, 0.29) is 11.7 Å². The zero-order valence-corrected chi connectivity index (χ0v) is 15.2. The number of amides is 1. The average Bonchev–Trinajstić information content (AvgIpc) is 3.01. The lowest BCUT2D eigenvalue weighted by Gasteiger charge is -2.36. The molecule has 3 aliphatic heterocycles. The topological polar surface area (TPSA) is 44.8 Å². The standard InChI is InChI=1S/C20H28FN3O2/c21-18-3-1-2-15(12-18)19(23-8-10-26-11-9-23)20(25)24-6-4-16-13-22-14-17(16)5-7-24/h1-3,12,16-17,19,22H,4-11,13-14H2/t16-,17+,19?. The third-order valence-corrected chi connectivity index (χ3v) is 6.14. The number of benzene rings is 1. The highest BCUT2D eigenvalue weighted by Gasteiger charge is 2.36. The molecule has 3 aliphatic rings. The Hall–Kier alpha value is -1.50. The van der Waals surface area contributed by atoms with Crippen LogP contribution < -0.4 is 5.32 Å². The van der Waals surface area contributed by atoms with Gasteiger partial charge in [-0.25, -0.2) is 4.39 Å². The largest absolute Gasteiger partial charge is 0.379 e. The number of morpholine rings is 1. The van der Waals surface area contributed by atoms with Crippen LogP contribution in [0.1, 0.15) is 24.4 Å². The number of halogens is 1. The lowest BCUT2D eigenvalue weighted by molar-refractivity contribution is -0.139. The number of fused-ring (bicyclic) bond motifs is 1. The number of hydrogen-bond donors (Lipinski definition) is 1. The molecule has 3 fully saturated rings. The van der Waals surface area contributed by atoms with Gasteiger partial charge in [0.1, 0.15) is 11.9 Å². The van der Waals surface area contributed by atoms with E-state index >= 15 is 0 Å². The van der Waals surface area contributed by atoms with Gasteiger partial charge >= 0.3 is 0 Å². The average molecular weight is 361 g/mol. The molecule has 1 N–H and O–H groups in total. The number of carbonyl (C=O) groups is 1. The maximum absolute atomic E-state index is 13.8. The zero-order chi connectivity index (χ0) is 17.9. The molecule has 0 radical (unpaired) electrons. The summed E-state index contributed by atoms with van der Waals surface area (Å²) in [7, 11) is 0. The summed E-state index contributed by atoms with van der Waals surface area (Å²) >= 11 is 0. The van der Waals surface area contributed by atoms with Gasteiger partial charge in [-0.2, -0.15) is 0 Å². The van der Waals surface area contributed by atoms with Crippen LogP contribution in [0.5, 0.6) is 0 Å². The van der Waals surface area contributed by atoms with Crippen molar-refractivity contribution in [2.75, 3.05) is 52.5 Å². The second-order valence-corrected chi connectivity index (χ2v) is 7.69. The van der Waals surface area contributed by atoms with Gasteiger partial charge in [0.15, 0.2) is 0 Å². The summed E-state index contributed by atoms with van der Waals surface area (Å²) in [5.74, 6) is 1.20. The Morgan fingerprint density at radius 3 is 2.46 bits per heavy atom. The molecule has 0 saturated carbocycles. The third-order valence-electron chi connectivity index (χ3n) is 6.14. The smallest absolute Gasteiger partial charge is 0.244 e. The second-order valence-electron chi connectivity index (χ2n) is 7.69. The molecule has 3 atom stereocenters. The van der Waals surface area contributed by atoms with E-state index in [2.05, 4.69) is 10.2 Å². The maximum atomic E-state index is 13.8. The Labute approximate surface area is 154 Å². The monoisotopic (exact) mass is 361 g/mol. The summed E-state index contributed by atoms with van der Waals surface area (Å²) in [4.78, 5) is 17.7. The van der Waals surface area contributed by atoms with Gasteiger partial charge in [0.25, 0.3) is 0 Å². The quantitative estimate of drug-likeness (QED) is 0.889. The van der Waals surface area contributed by atoms with Crippen LogP contribution in [0.15, 0.2) is 24.3 Å². The minimum absolute atomic E-state index is 0.116. The van der Waals surface area contributed by atoms with E-state index in [9.17, 15) is 9.18 Å². The van der Waals surface area contributed by atoms with Crippen molar-refractivity contribution in [2.45, 2.75) is 18.9 Å². The van der Waals surface area contributed by atoms with Crippen molar-refractivity contribution in [3.05, 3.63) is 35.6 Å². The van der Waals surface area contributed by atoms with Crippen LogP contribution in [0.4, 0.5) is 4.39 Å². The molecule has 5 nitrogen and oxygen atoms in total. The summed E-state index contributed by atoms with van der Waals surface area (Å²) in [6.07, 6.45) is 2.12. The molecule has 0 bridgehead atoms. The van der Waals surface area contributed by atoms with Gasteiger partial charge in [0.2, 0.25) is 5.91 Å². The van der Waals surface area contributed by atoms with Crippen LogP contribution in [0.3, 0.4) is 0 Å². The highest BCUT2D eigenvalue weighted by Crippen LogP contribution is 2.30. The normalized spacial score (nSPS) is 28.4. The van der Waals surface area contributed by atoms with Crippen molar-refractivity contribution in [3.63, 3.8) is 0 Å². The molecule has 0 aromatic heterocycles. The fourth-order valence-electron chi connectivity index (χ4n) is 4.63. The molecule has 6 heteroatoms. The first-order valence-electron chi connectivity index (χ1n) is 9.79. The highest BCUT2D eigenvalue weighted by atomic mass is 19.1. The Morgan fingerprint density at radius 1 is 1.12 bits per heavy atom. The Kier molecular flexibility index (Phi) is 5.52. The fourth-order valence-corrected chi connectivity index (χ4v) is 4.63. The molecule has 26 heavy (non-hydrogen) atoms. The van der Waals surface area contributed by atoms with Gasteiger partial charge in [0, 0.05) is 26.2 Å². The van der Waals surface area contributed by atoms with Crippen molar-refractivity contribution >= 4 is 5.91 Å².